The predicted molar refractivity (Wildman–Crippen MR) is 65.6 cm³/mol. The summed E-state index contributed by atoms with van der Waals surface area (Å²) >= 11 is 0. The summed E-state index contributed by atoms with van der Waals surface area (Å²) in [6.07, 6.45) is 5.37. The highest BCUT2D eigenvalue weighted by molar-refractivity contribution is 4.79. The van der Waals surface area contributed by atoms with Crippen molar-refractivity contribution in [3.05, 3.63) is 0 Å². The number of hydrogen-bond donors (Lipinski definition) is 1. The van der Waals surface area contributed by atoms with Crippen molar-refractivity contribution in [2.45, 2.75) is 60.3 Å². The summed E-state index contributed by atoms with van der Waals surface area (Å²) < 4.78 is 0. The summed E-state index contributed by atoms with van der Waals surface area (Å²) in [6.45, 7) is 13.8. The van der Waals surface area contributed by atoms with Crippen LogP contribution in [-0.2, 0) is 0 Å². The lowest BCUT2D eigenvalue weighted by atomic mass is 9.77. The maximum atomic E-state index is 3.51. The molecule has 1 nitrogen and oxygen atoms in total. The molecule has 0 aromatic rings. The van der Waals surface area contributed by atoms with Crippen LogP contribution in [0.1, 0.15) is 60.3 Å². The van der Waals surface area contributed by atoms with Crippen LogP contribution in [-0.4, -0.2) is 13.1 Å². The van der Waals surface area contributed by atoms with Crippen LogP contribution < -0.4 is 5.32 Å². The minimum Gasteiger partial charge on any atom is -0.316 e. The third kappa shape index (κ3) is 4.99. The van der Waals surface area contributed by atoms with Crippen molar-refractivity contribution in [2.24, 2.45) is 11.3 Å². The van der Waals surface area contributed by atoms with E-state index in [0.717, 1.165) is 12.5 Å². The van der Waals surface area contributed by atoms with Crippen molar-refractivity contribution in [3.8, 4) is 0 Å². The van der Waals surface area contributed by atoms with Crippen molar-refractivity contribution in [1.82, 2.24) is 5.32 Å². The fraction of sp³-hybridized carbons (Fsp3) is 1.00. The molecule has 0 saturated heterocycles. The van der Waals surface area contributed by atoms with Crippen molar-refractivity contribution < 1.29 is 0 Å². The Morgan fingerprint density at radius 3 is 2.00 bits per heavy atom. The molecule has 0 aromatic carbocycles. The Balaban J connectivity index is 4.07. The zero-order valence-corrected chi connectivity index (χ0v) is 10.8. The molecule has 86 valence electrons. The second-order valence-corrected chi connectivity index (χ2v) is 4.92. The third-order valence-corrected chi connectivity index (χ3v) is 3.50. The van der Waals surface area contributed by atoms with E-state index in [9.17, 15) is 0 Å². The molecule has 0 bridgehead atoms. The fourth-order valence-corrected chi connectivity index (χ4v) is 1.93. The Kier molecular flexibility index (Phi) is 7.26. The van der Waals surface area contributed by atoms with E-state index < -0.39 is 0 Å². The molecule has 1 heteroatoms. The van der Waals surface area contributed by atoms with E-state index in [1.807, 2.05) is 0 Å². The number of rotatable bonds is 8. The molecule has 0 aromatic heterocycles. The fourth-order valence-electron chi connectivity index (χ4n) is 1.93. The van der Waals surface area contributed by atoms with E-state index in [2.05, 4.69) is 39.9 Å². The molecule has 0 spiro atoms. The van der Waals surface area contributed by atoms with Gasteiger partial charge in [-0.25, -0.2) is 0 Å². The van der Waals surface area contributed by atoms with Crippen LogP contribution in [0, 0.1) is 11.3 Å². The molecule has 0 unspecified atom stereocenters. The minimum atomic E-state index is 0.556. The zero-order chi connectivity index (χ0) is 11.0. The molecule has 0 heterocycles. The van der Waals surface area contributed by atoms with Crippen LogP contribution in [0.15, 0.2) is 0 Å². The Hall–Kier alpha value is -0.0400. The van der Waals surface area contributed by atoms with E-state index in [4.69, 9.17) is 0 Å². The van der Waals surface area contributed by atoms with Crippen molar-refractivity contribution in [3.63, 3.8) is 0 Å². The van der Waals surface area contributed by atoms with Crippen LogP contribution in [0.3, 0.4) is 0 Å². The first-order chi connectivity index (χ1) is 6.60. The molecule has 0 saturated carbocycles. The Morgan fingerprint density at radius 1 is 1.07 bits per heavy atom. The molecular formula is C13H29N. The van der Waals surface area contributed by atoms with Crippen molar-refractivity contribution >= 4 is 0 Å². The lowest BCUT2D eigenvalue weighted by Gasteiger charge is -2.32. The lowest BCUT2D eigenvalue weighted by molar-refractivity contribution is 0.213. The smallest absolute Gasteiger partial charge is 0.000749 e. The standard InChI is InChI=1S/C13H29N/c1-6-13(7-2,11-14-8-3)10-9-12(4)5/h12,14H,6-11H2,1-5H3. The van der Waals surface area contributed by atoms with Gasteiger partial charge in [0, 0.05) is 6.54 Å². The topological polar surface area (TPSA) is 12.0 Å². The molecule has 0 rings (SSSR count). The minimum absolute atomic E-state index is 0.556. The maximum absolute atomic E-state index is 3.51. The maximum Gasteiger partial charge on any atom is 0.000749 e. The summed E-state index contributed by atoms with van der Waals surface area (Å²) in [5.74, 6) is 0.842. The molecule has 0 amide bonds. The van der Waals surface area contributed by atoms with Crippen molar-refractivity contribution in [1.29, 1.82) is 0 Å². The summed E-state index contributed by atoms with van der Waals surface area (Å²) in [6, 6.07) is 0. The average molecular weight is 199 g/mol. The van der Waals surface area contributed by atoms with Gasteiger partial charge in [-0.3, -0.25) is 0 Å². The first-order valence-electron chi connectivity index (χ1n) is 6.31. The first kappa shape index (κ1) is 14.0. The number of nitrogens with one attached hydrogen (secondary N) is 1. The average Bonchev–Trinajstić information content (AvgIpc) is 2.19. The highest BCUT2D eigenvalue weighted by atomic mass is 14.9. The molecule has 14 heavy (non-hydrogen) atoms. The van der Waals surface area contributed by atoms with Crippen LogP contribution in [0.25, 0.3) is 0 Å². The van der Waals surface area contributed by atoms with Gasteiger partial charge in [-0.1, -0.05) is 41.0 Å². The van der Waals surface area contributed by atoms with Crippen LogP contribution in [0.5, 0.6) is 0 Å². The van der Waals surface area contributed by atoms with Crippen LogP contribution in [0.2, 0.25) is 0 Å². The summed E-state index contributed by atoms with van der Waals surface area (Å²) in [4.78, 5) is 0. The molecule has 0 aliphatic rings. The SMILES string of the molecule is CCNCC(CC)(CC)CCC(C)C. The Morgan fingerprint density at radius 2 is 1.64 bits per heavy atom. The van der Waals surface area contributed by atoms with E-state index in [0.29, 0.717) is 5.41 Å². The zero-order valence-electron chi connectivity index (χ0n) is 10.8. The lowest BCUT2D eigenvalue weighted by Crippen LogP contribution is -2.33. The van der Waals surface area contributed by atoms with Crippen LogP contribution in [0.4, 0.5) is 0 Å². The second-order valence-electron chi connectivity index (χ2n) is 4.92. The van der Waals surface area contributed by atoms with Gasteiger partial charge in [0.05, 0.1) is 0 Å². The van der Waals surface area contributed by atoms with Crippen molar-refractivity contribution in [2.75, 3.05) is 13.1 Å². The second kappa shape index (κ2) is 7.28. The third-order valence-electron chi connectivity index (χ3n) is 3.50. The molecule has 0 fully saturated rings. The monoisotopic (exact) mass is 199 g/mol. The summed E-state index contributed by atoms with van der Waals surface area (Å²) in [7, 11) is 0. The summed E-state index contributed by atoms with van der Waals surface area (Å²) in [5.41, 5.74) is 0.556. The van der Waals surface area contributed by atoms with Gasteiger partial charge in [-0.05, 0) is 37.1 Å². The largest absolute Gasteiger partial charge is 0.316 e. The molecule has 0 radical (unpaired) electrons. The quantitative estimate of drug-likeness (QED) is 0.626. The van der Waals surface area contributed by atoms with Gasteiger partial charge in [0.25, 0.3) is 0 Å². The van der Waals surface area contributed by atoms with E-state index >= 15 is 0 Å². The molecule has 0 aliphatic heterocycles. The predicted octanol–water partition coefficient (Wildman–Crippen LogP) is 3.84. The van der Waals surface area contributed by atoms with Crippen LogP contribution >= 0.6 is 0 Å². The van der Waals surface area contributed by atoms with Gasteiger partial charge in [-0.2, -0.15) is 0 Å². The highest BCUT2D eigenvalue weighted by Crippen LogP contribution is 2.32. The van der Waals surface area contributed by atoms with E-state index in [-0.39, 0.29) is 0 Å². The molecule has 0 aliphatic carbocycles. The van der Waals surface area contributed by atoms with E-state index in [1.54, 1.807) is 0 Å². The molecule has 0 atom stereocenters. The highest BCUT2D eigenvalue weighted by Gasteiger charge is 2.25. The van der Waals surface area contributed by atoms with Gasteiger partial charge in [0.15, 0.2) is 0 Å². The normalized spacial score (nSPS) is 12.4. The molecule has 1 N–H and O–H groups in total. The van der Waals surface area contributed by atoms with E-state index in [1.165, 1.54) is 32.2 Å². The van der Waals surface area contributed by atoms with Gasteiger partial charge < -0.3 is 5.32 Å². The van der Waals surface area contributed by atoms with Gasteiger partial charge in [-0.15, -0.1) is 0 Å². The van der Waals surface area contributed by atoms with Gasteiger partial charge >= 0.3 is 0 Å². The van der Waals surface area contributed by atoms with Gasteiger partial charge in [0.2, 0.25) is 0 Å². The number of hydrogen-bond acceptors (Lipinski definition) is 1. The Bertz CT molecular complexity index is 125. The molecular weight excluding hydrogens is 170 g/mol. The first-order valence-corrected chi connectivity index (χ1v) is 6.31. The van der Waals surface area contributed by atoms with Gasteiger partial charge in [0.1, 0.15) is 0 Å². The Labute approximate surface area is 90.7 Å². The summed E-state index contributed by atoms with van der Waals surface area (Å²) in [5, 5.41) is 3.51.